The summed E-state index contributed by atoms with van der Waals surface area (Å²) in [6.07, 6.45) is -6.20. The predicted octanol–water partition coefficient (Wildman–Crippen LogP) is 0.0838. The van der Waals surface area contributed by atoms with Gasteiger partial charge < -0.3 is 50.0 Å². The van der Waals surface area contributed by atoms with E-state index in [1.165, 1.54) is 24.3 Å². The fraction of sp³-hybridized carbons (Fsp3) is 0.286. The summed E-state index contributed by atoms with van der Waals surface area (Å²) in [5, 5.41) is 68.7. The van der Waals surface area contributed by atoms with Crippen molar-refractivity contribution in [2.45, 2.75) is 36.8 Å². The molecule has 2 aromatic rings. The van der Waals surface area contributed by atoms with Gasteiger partial charge in [0.25, 0.3) is 5.75 Å². The Morgan fingerprint density at radius 1 is 0.969 bits per heavy atom. The van der Waals surface area contributed by atoms with Crippen LogP contribution in [-0.2, 0) is 9.53 Å². The van der Waals surface area contributed by atoms with Crippen LogP contribution in [0.25, 0.3) is 6.08 Å². The molecule has 170 valence electrons. The number of hydrogen-bond acceptors (Lipinski definition) is 9. The number of fused-ring (bicyclic) bond motifs is 1. The molecule has 0 aliphatic carbocycles. The molecular weight excluding hydrogens is 428 g/mol. The lowest BCUT2D eigenvalue weighted by Gasteiger charge is -2.38. The first kappa shape index (κ1) is 21.7. The molecule has 2 aromatic carbocycles. The van der Waals surface area contributed by atoms with Crippen molar-refractivity contribution in [3.05, 3.63) is 47.5 Å². The zero-order valence-corrected chi connectivity index (χ0v) is 16.3. The average molecular weight is 449 g/mol. The summed E-state index contributed by atoms with van der Waals surface area (Å²) in [7, 11) is 0. The maximum atomic E-state index is 11.2. The number of ether oxygens (including phenoxy) is 3. The van der Waals surface area contributed by atoms with Gasteiger partial charge in [-0.15, -0.1) is 0 Å². The second kappa shape index (κ2) is 8.20. The largest absolute Gasteiger partial charge is 0.574 e. The molecule has 32 heavy (non-hydrogen) atoms. The van der Waals surface area contributed by atoms with E-state index >= 15 is 0 Å². The topological polar surface area (TPSA) is 190 Å². The molecule has 6 atom stereocenters. The molecule has 0 spiro atoms. The first-order chi connectivity index (χ1) is 15.2. The SMILES string of the molecule is O=C(O)C1OC(Oc2ccc(C3C=Cc4c(O)cc(O)cc4[OH+]3)cc2O)C(O)C(O)C1O. The molecule has 1 fully saturated rings. The minimum atomic E-state index is -1.86. The molecule has 2 aliphatic rings. The maximum Gasteiger partial charge on any atom is 0.335 e. The van der Waals surface area contributed by atoms with E-state index in [1.54, 1.807) is 18.2 Å². The molecule has 11 heteroatoms. The van der Waals surface area contributed by atoms with Gasteiger partial charge in [0.2, 0.25) is 12.4 Å². The number of benzene rings is 2. The molecule has 6 unspecified atom stereocenters. The summed E-state index contributed by atoms with van der Waals surface area (Å²) in [5.41, 5.74) is 0.976. The third-order valence-electron chi connectivity index (χ3n) is 5.23. The van der Waals surface area contributed by atoms with Crippen molar-refractivity contribution >= 4 is 12.0 Å². The Hall–Kier alpha value is -3.51. The van der Waals surface area contributed by atoms with Gasteiger partial charge in [-0.2, -0.15) is 0 Å². The van der Waals surface area contributed by atoms with E-state index in [4.69, 9.17) is 14.6 Å². The Morgan fingerprint density at radius 3 is 2.41 bits per heavy atom. The van der Waals surface area contributed by atoms with E-state index in [1.807, 2.05) is 0 Å². The monoisotopic (exact) mass is 449 g/mol. The molecular formula is C21H21O11+. The van der Waals surface area contributed by atoms with Gasteiger partial charge in [-0.3, -0.25) is 0 Å². The highest BCUT2D eigenvalue weighted by atomic mass is 16.7. The van der Waals surface area contributed by atoms with Crippen LogP contribution in [0.3, 0.4) is 0 Å². The number of rotatable bonds is 4. The molecule has 0 radical (unpaired) electrons. The summed E-state index contributed by atoms with van der Waals surface area (Å²) < 4.78 is 14.8. The molecule has 0 amide bonds. The van der Waals surface area contributed by atoms with E-state index in [2.05, 4.69) is 4.74 Å². The van der Waals surface area contributed by atoms with Gasteiger partial charge in [-0.05, 0) is 24.3 Å². The van der Waals surface area contributed by atoms with Crippen molar-refractivity contribution in [2.75, 3.05) is 0 Å². The maximum absolute atomic E-state index is 11.2. The Balaban J connectivity index is 1.52. The molecule has 0 bridgehead atoms. The van der Waals surface area contributed by atoms with Crippen LogP contribution in [0.15, 0.2) is 36.4 Å². The van der Waals surface area contributed by atoms with E-state index < -0.39 is 42.8 Å². The van der Waals surface area contributed by atoms with Crippen LogP contribution in [0.5, 0.6) is 28.7 Å². The number of phenols is 3. The summed E-state index contributed by atoms with van der Waals surface area (Å²) in [6.45, 7) is 0. The van der Waals surface area contributed by atoms with Crippen molar-refractivity contribution in [3.8, 4) is 28.7 Å². The molecule has 11 nitrogen and oxygen atoms in total. The molecule has 0 saturated carbocycles. The van der Waals surface area contributed by atoms with Crippen LogP contribution in [0.4, 0.5) is 0 Å². The molecule has 4 rings (SSSR count). The number of carboxylic acid groups (broad SMARTS) is 1. The van der Waals surface area contributed by atoms with E-state index in [-0.39, 0.29) is 23.0 Å². The highest BCUT2D eigenvalue weighted by Crippen LogP contribution is 2.42. The zero-order chi connectivity index (χ0) is 23.2. The standard InChI is InChI=1S/C21H20O11/c22-9-6-11(23)10-2-4-13(30-15(10)7-9)8-1-3-14(12(24)5-8)31-21-18(27)16(25)17(26)19(32-21)20(28)29/h1-7,13,16-19,21-27H,(H,28,29)/p+1. The highest BCUT2D eigenvalue weighted by molar-refractivity contribution is 5.73. The predicted molar refractivity (Wildman–Crippen MR) is 106 cm³/mol. The third kappa shape index (κ3) is 3.89. The van der Waals surface area contributed by atoms with E-state index in [0.29, 0.717) is 16.9 Å². The Morgan fingerprint density at radius 2 is 1.72 bits per heavy atom. The minimum absolute atomic E-state index is 0.122. The molecule has 1 saturated heterocycles. The number of hydrogen-bond donors (Lipinski definition) is 7. The number of carboxylic acids is 1. The van der Waals surface area contributed by atoms with Crippen molar-refractivity contribution in [1.29, 1.82) is 0 Å². The van der Waals surface area contributed by atoms with Crippen LogP contribution in [0.2, 0.25) is 0 Å². The van der Waals surface area contributed by atoms with Gasteiger partial charge in [-0.1, -0.05) is 0 Å². The molecule has 8 N–H and O–H groups in total. The first-order valence-electron chi connectivity index (χ1n) is 9.52. The van der Waals surface area contributed by atoms with Gasteiger partial charge in [0, 0.05) is 12.1 Å². The van der Waals surface area contributed by atoms with Crippen molar-refractivity contribution in [1.82, 2.24) is 0 Å². The Labute approximate surface area is 180 Å². The van der Waals surface area contributed by atoms with Crippen molar-refractivity contribution in [3.63, 3.8) is 0 Å². The van der Waals surface area contributed by atoms with Gasteiger partial charge in [0.1, 0.15) is 35.4 Å². The zero-order valence-electron chi connectivity index (χ0n) is 16.3. The smallest absolute Gasteiger partial charge is 0.335 e. The highest BCUT2D eigenvalue weighted by Gasteiger charge is 2.48. The van der Waals surface area contributed by atoms with E-state index in [0.717, 1.165) is 0 Å². The lowest BCUT2D eigenvalue weighted by molar-refractivity contribution is -0.271. The second-order valence-corrected chi connectivity index (χ2v) is 7.41. The summed E-state index contributed by atoms with van der Waals surface area (Å²) >= 11 is 0. The fourth-order valence-corrected chi connectivity index (χ4v) is 3.54. The van der Waals surface area contributed by atoms with Crippen LogP contribution in [0.1, 0.15) is 17.2 Å². The lowest BCUT2D eigenvalue weighted by atomic mass is 9.99. The first-order valence-corrected chi connectivity index (χ1v) is 9.52. The quantitative estimate of drug-likeness (QED) is 0.315. The summed E-state index contributed by atoms with van der Waals surface area (Å²) in [6, 6.07) is 6.81. The fourth-order valence-electron chi connectivity index (χ4n) is 3.54. The molecule has 2 heterocycles. The summed E-state index contributed by atoms with van der Waals surface area (Å²) in [5.74, 6) is -2.01. The number of aliphatic carboxylic acids is 1. The van der Waals surface area contributed by atoms with Gasteiger partial charge >= 0.3 is 5.97 Å². The van der Waals surface area contributed by atoms with Crippen LogP contribution >= 0.6 is 0 Å². The normalized spacial score (nSPS) is 29.1. The van der Waals surface area contributed by atoms with Crippen LogP contribution < -0.4 is 4.74 Å². The third-order valence-corrected chi connectivity index (χ3v) is 5.23. The minimum Gasteiger partial charge on any atom is -0.574 e. The average Bonchev–Trinajstić information content (AvgIpc) is 2.74. The van der Waals surface area contributed by atoms with E-state index in [9.17, 15) is 35.4 Å². The summed E-state index contributed by atoms with van der Waals surface area (Å²) in [4.78, 5) is 11.2. The Kier molecular flexibility index (Phi) is 5.57. The second-order valence-electron chi connectivity index (χ2n) is 7.41. The molecule has 0 aromatic heterocycles. The Bertz CT molecular complexity index is 1070. The van der Waals surface area contributed by atoms with Gasteiger partial charge in [-0.25, -0.2) is 4.79 Å². The number of aromatic hydroxyl groups is 4. The van der Waals surface area contributed by atoms with Crippen LogP contribution in [-0.4, -0.2) is 77.2 Å². The van der Waals surface area contributed by atoms with Gasteiger partial charge in [0.15, 0.2) is 17.6 Å². The lowest BCUT2D eigenvalue weighted by Crippen LogP contribution is -2.61. The number of aliphatic hydroxyl groups excluding tert-OH is 3. The molecule has 2 aliphatic heterocycles. The number of carbonyl (C=O) groups is 1. The van der Waals surface area contributed by atoms with Crippen molar-refractivity contribution < 1.29 is 54.8 Å². The van der Waals surface area contributed by atoms with Gasteiger partial charge in [0.05, 0.1) is 11.6 Å². The van der Waals surface area contributed by atoms with Crippen LogP contribution in [0, 0.1) is 0 Å². The number of aliphatic hydroxyl groups is 4. The van der Waals surface area contributed by atoms with Crippen molar-refractivity contribution in [2.24, 2.45) is 0 Å². The number of phenolic OH excluding ortho intramolecular Hbond substituents is 3.